The van der Waals surface area contributed by atoms with Crippen molar-refractivity contribution < 1.29 is 9.53 Å². The minimum atomic E-state index is -0.382. The molecule has 0 radical (unpaired) electrons. The van der Waals surface area contributed by atoms with Crippen LogP contribution in [0.1, 0.15) is 20.8 Å². The average molecular weight is 367 g/mol. The molecule has 0 saturated heterocycles. The number of carbonyl (C=O) groups excluding carboxylic acids is 1. The molecule has 0 aliphatic carbocycles. The second-order valence-corrected chi connectivity index (χ2v) is 7.44. The minimum Gasteiger partial charge on any atom is -0.465 e. The number of carbonyl (C=O) groups is 1. The molecule has 132 valence electrons. The maximum absolute atomic E-state index is 12.9. The van der Waals surface area contributed by atoms with Crippen LogP contribution in [0.15, 0.2) is 41.3 Å². The topological polar surface area (TPSA) is 66.1 Å². The van der Waals surface area contributed by atoms with Crippen LogP contribution in [0.4, 0.5) is 0 Å². The number of hydrogen-bond donors (Lipinski definition) is 0. The molecule has 0 amide bonds. The van der Waals surface area contributed by atoms with Gasteiger partial charge in [-0.25, -0.2) is 9.48 Å². The minimum absolute atomic E-state index is 0.122. The predicted molar refractivity (Wildman–Crippen MR) is 102 cm³/mol. The molecule has 0 fully saturated rings. The molecule has 3 aromatic heterocycles. The van der Waals surface area contributed by atoms with E-state index in [2.05, 4.69) is 18.1 Å². The Morgan fingerprint density at radius 2 is 2.00 bits per heavy atom. The van der Waals surface area contributed by atoms with Crippen LogP contribution < -0.4 is 5.56 Å². The Balaban J connectivity index is 1.75. The van der Waals surface area contributed by atoms with Crippen LogP contribution in [0.3, 0.4) is 0 Å². The van der Waals surface area contributed by atoms with Gasteiger partial charge >= 0.3 is 5.97 Å². The number of fused-ring (bicyclic) bond motifs is 3. The molecule has 0 unspecified atom stereocenters. The third-order valence-corrected chi connectivity index (χ3v) is 5.58. The van der Waals surface area contributed by atoms with E-state index in [1.165, 1.54) is 16.7 Å². The summed E-state index contributed by atoms with van der Waals surface area (Å²) in [7, 11) is 3.26. The Hall–Kier alpha value is -2.93. The van der Waals surface area contributed by atoms with E-state index < -0.39 is 0 Å². The first-order chi connectivity index (χ1) is 12.5. The van der Waals surface area contributed by atoms with Crippen LogP contribution in [-0.4, -0.2) is 27.4 Å². The average Bonchev–Trinajstić information content (AvgIpc) is 3.14. The molecule has 0 N–H and O–H groups in total. The van der Waals surface area contributed by atoms with E-state index in [9.17, 15) is 9.59 Å². The third kappa shape index (κ3) is 2.52. The van der Waals surface area contributed by atoms with E-state index in [-0.39, 0.29) is 11.5 Å². The first kappa shape index (κ1) is 16.5. The zero-order valence-corrected chi connectivity index (χ0v) is 15.5. The Morgan fingerprint density at radius 3 is 2.69 bits per heavy atom. The highest BCUT2D eigenvalue weighted by atomic mass is 32.1. The summed E-state index contributed by atoms with van der Waals surface area (Å²) in [5.74, 6) is -0.382. The molecular weight excluding hydrogens is 350 g/mol. The lowest BCUT2D eigenvalue weighted by atomic mass is 10.1. The second-order valence-electron chi connectivity index (χ2n) is 6.19. The van der Waals surface area contributed by atoms with Crippen LogP contribution in [0, 0.1) is 6.92 Å². The Labute approximate surface area is 153 Å². The van der Waals surface area contributed by atoms with Crippen LogP contribution in [0.25, 0.3) is 21.1 Å². The quantitative estimate of drug-likeness (QED) is 0.522. The molecule has 3 heterocycles. The maximum atomic E-state index is 12.9. The van der Waals surface area contributed by atoms with Crippen LogP contribution >= 0.6 is 11.3 Å². The largest absolute Gasteiger partial charge is 0.465 e. The van der Waals surface area contributed by atoms with E-state index >= 15 is 0 Å². The molecule has 0 saturated carbocycles. The standard InChI is InChI=1S/C19H17N3O3S/c1-11-8-15-17(26-11)14-9-20-22(18(23)16(14)21(15)2)10-12-4-6-13(7-5-12)19(24)25-3/h4-9H,10H2,1-3H3. The number of ether oxygens (including phenoxy) is 1. The molecule has 0 spiro atoms. The summed E-state index contributed by atoms with van der Waals surface area (Å²) < 4.78 is 9.18. The molecule has 7 heteroatoms. The number of benzene rings is 1. The third-order valence-electron chi connectivity index (χ3n) is 4.50. The van der Waals surface area contributed by atoms with Crippen LogP contribution in [0.2, 0.25) is 0 Å². The summed E-state index contributed by atoms with van der Waals surface area (Å²) in [4.78, 5) is 25.7. The van der Waals surface area contributed by atoms with Gasteiger partial charge < -0.3 is 9.30 Å². The fourth-order valence-corrected chi connectivity index (χ4v) is 4.23. The highest BCUT2D eigenvalue weighted by Crippen LogP contribution is 2.32. The van der Waals surface area contributed by atoms with Crippen molar-refractivity contribution in [3.05, 3.63) is 62.9 Å². The first-order valence-electron chi connectivity index (χ1n) is 8.11. The molecule has 4 aromatic rings. The van der Waals surface area contributed by atoms with Gasteiger partial charge in [0.05, 0.1) is 35.6 Å². The molecule has 0 bridgehead atoms. The molecule has 1 aromatic carbocycles. The lowest BCUT2D eigenvalue weighted by molar-refractivity contribution is 0.0600. The molecule has 6 nitrogen and oxygen atoms in total. The molecular formula is C19H17N3O3S. The number of methoxy groups -OCH3 is 1. The summed E-state index contributed by atoms with van der Waals surface area (Å²) in [5.41, 5.74) is 2.96. The fraction of sp³-hybridized carbons (Fsp3) is 0.211. The van der Waals surface area contributed by atoms with Gasteiger partial charge in [-0.1, -0.05) is 12.1 Å². The van der Waals surface area contributed by atoms with Crippen LogP contribution in [0.5, 0.6) is 0 Å². The van der Waals surface area contributed by atoms with Gasteiger partial charge in [0.15, 0.2) is 0 Å². The highest BCUT2D eigenvalue weighted by Gasteiger charge is 2.16. The first-order valence-corrected chi connectivity index (χ1v) is 8.93. The number of aryl methyl sites for hydroxylation is 2. The van der Waals surface area contributed by atoms with Crippen molar-refractivity contribution in [2.45, 2.75) is 13.5 Å². The van der Waals surface area contributed by atoms with Crippen LogP contribution in [-0.2, 0) is 18.3 Å². The van der Waals surface area contributed by atoms with Crippen molar-refractivity contribution in [1.29, 1.82) is 0 Å². The van der Waals surface area contributed by atoms with Gasteiger partial charge in [-0.3, -0.25) is 4.79 Å². The summed E-state index contributed by atoms with van der Waals surface area (Å²) in [5, 5.41) is 5.25. The number of thiophene rings is 1. The van der Waals surface area contributed by atoms with Gasteiger partial charge in [0.1, 0.15) is 5.52 Å². The number of hydrogen-bond acceptors (Lipinski definition) is 5. The Bertz CT molecular complexity index is 1200. The number of rotatable bonds is 3. The van der Waals surface area contributed by atoms with Gasteiger partial charge in [0.25, 0.3) is 5.56 Å². The van der Waals surface area contributed by atoms with Gasteiger partial charge in [0.2, 0.25) is 0 Å². The monoisotopic (exact) mass is 367 g/mol. The van der Waals surface area contributed by atoms with E-state index in [0.717, 1.165) is 21.2 Å². The zero-order valence-electron chi connectivity index (χ0n) is 14.6. The van der Waals surface area contributed by atoms with Crippen molar-refractivity contribution >= 4 is 38.4 Å². The van der Waals surface area contributed by atoms with E-state index in [4.69, 9.17) is 4.74 Å². The Kier molecular flexibility index (Phi) is 3.88. The van der Waals surface area contributed by atoms with Gasteiger partial charge in [0, 0.05) is 17.3 Å². The smallest absolute Gasteiger partial charge is 0.337 e. The number of esters is 1. The molecule has 0 aliphatic rings. The summed E-state index contributed by atoms with van der Waals surface area (Å²) in [6.07, 6.45) is 1.76. The number of nitrogens with zero attached hydrogens (tertiary/aromatic N) is 3. The van der Waals surface area contributed by atoms with Gasteiger partial charge in [-0.15, -0.1) is 11.3 Å². The lowest BCUT2D eigenvalue weighted by Gasteiger charge is -2.06. The van der Waals surface area contributed by atoms with Gasteiger partial charge in [-0.05, 0) is 30.7 Å². The predicted octanol–water partition coefficient (Wildman–Crippen LogP) is 3.09. The summed E-state index contributed by atoms with van der Waals surface area (Å²) in [6.45, 7) is 2.40. The second kappa shape index (κ2) is 6.10. The maximum Gasteiger partial charge on any atom is 0.337 e. The normalized spacial score (nSPS) is 11.3. The van der Waals surface area contributed by atoms with Crippen molar-refractivity contribution in [3.63, 3.8) is 0 Å². The molecule has 4 rings (SSSR count). The van der Waals surface area contributed by atoms with E-state index in [1.54, 1.807) is 41.8 Å². The fourth-order valence-electron chi connectivity index (χ4n) is 3.18. The number of aromatic nitrogens is 3. The van der Waals surface area contributed by atoms with Crippen molar-refractivity contribution in [2.75, 3.05) is 7.11 Å². The van der Waals surface area contributed by atoms with E-state index in [1.807, 2.05) is 11.6 Å². The highest BCUT2D eigenvalue weighted by molar-refractivity contribution is 7.20. The molecule has 26 heavy (non-hydrogen) atoms. The zero-order chi connectivity index (χ0) is 18.4. The van der Waals surface area contributed by atoms with Crippen molar-refractivity contribution in [1.82, 2.24) is 14.3 Å². The van der Waals surface area contributed by atoms with E-state index in [0.29, 0.717) is 17.6 Å². The Morgan fingerprint density at radius 1 is 1.27 bits per heavy atom. The van der Waals surface area contributed by atoms with Crippen molar-refractivity contribution in [2.24, 2.45) is 7.05 Å². The summed E-state index contributed by atoms with van der Waals surface area (Å²) in [6, 6.07) is 9.07. The van der Waals surface area contributed by atoms with Crippen molar-refractivity contribution in [3.8, 4) is 0 Å². The van der Waals surface area contributed by atoms with Gasteiger partial charge in [-0.2, -0.15) is 5.10 Å². The lowest BCUT2D eigenvalue weighted by Crippen LogP contribution is -2.24. The SMILES string of the molecule is COC(=O)c1ccc(Cn2ncc3c4sc(C)cc4n(C)c3c2=O)cc1. The summed E-state index contributed by atoms with van der Waals surface area (Å²) >= 11 is 1.67. The molecule has 0 aliphatic heterocycles. The molecule has 0 atom stereocenters.